The van der Waals surface area contributed by atoms with Crippen LogP contribution in [-0.2, 0) is 18.9 Å². The third-order valence-electron chi connectivity index (χ3n) is 18.1. The number of hydrogen-bond donors (Lipinski definition) is 0. The van der Waals surface area contributed by atoms with E-state index in [4.69, 9.17) is 55.7 Å². The van der Waals surface area contributed by atoms with E-state index in [1.165, 1.54) is 79.3 Å². The van der Waals surface area contributed by atoms with Gasteiger partial charge in [0.25, 0.3) is 0 Å². The topological polar surface area (TPSA) is 130 Å². The van der Waals surface area contributed by atoms with Crippen LogP contribution in [0, 0.1) is 23.7 Å². The van der Waals surface area contributed by atoms with Gasteiger partial charge in [0.05, 0.1) is 6.20 Å². The molecule has 6 aromatic rings. The summed E-state index contributed by atoms with van der Waals surface area (Å²) < 4.78 is 30.6. The predicted octanol–water partition coefficient (Wildman–Crippen LogP) is 16.2. The van der Waals surface area contributed by atoms with Crippen molar-refractivity contribution in [2.24, 2.45) is 23.7 Å². The molecule has 2 unspecified atom stereocenters. The van der Waals surface area contributed by atoms with Crippen molar-refractivity contribution in [2.45, 2.75) is 194 Å². The minimum atomic E-state index is -2.26. The maximum Gasteiger partial charge on any atom is 0.165 e. The smallest absolute Gasteiger partial charge is 0.165 e. The number of pyridine rings is 2. The summed E-state index contributed by atoms with van der Waals surface area (Å²) in [5, 5.41) is 10.3. The minimum Gasteiger partial charge on any atom is -0.361 e. The Morgan fingerprint density at radius 2 is 0.835 bits per heavy atom. The van der Waals surface area contributed by atoms with Crippen LogP contribution in [0.15, 0.2) is 61.2 Å². The van der Waals surface area contributed by atoms with Crippen molar-refractivity contribution >= 4 is 88.9 Å². The van der Waals surface area contributed by atoms with E-state index in [0.29, 0.717) is 43.9 Å². The molecule has 0 aromatic carbocycles. The van der Waals surface area contributed by atoms with E-state index in [-0.39, 0.29) is 0 Å². The standard InChI is InChI=1S/C31H48ClN5O2Si2.C31H48N5O2Si2.3CH3.Sn/c1-40(2,3)13-11-38-21-36(22-39-12-14-41(4,5)6)30-18-28(26-16-23-7-8-24(15-23)17-26)35-31-27(20-34-37(30)31)25-9-10-29(32)33-19-25;1-39(2,3)14-12-37-22-35(23-38-13-15-40(4,5)6)30-19-29(27-17-24-9-10-25(16-24)18-27)34-31-28(21-33-36(30)31)26-8-7-11-32-20-26;;;;/h9-10,18-20,23-24,26H,7-8,11-17,21-22H2,1-6H3;7-8,19-21,24-25,27H,9-10,12-18,22-23H2,1-6H3;3*1H3;/t23-,24+,26?;24-,25+,27?;;;;. The molecule has 0 spiro atoms. The van der Waals surface area contributed by atoms with E-state index in [1.807, 2.05) is 46.0 Å². The Balaban J connectivity index is 0.000000204. The van der Waals surface area contributed by atoms with Crippen LogP contribution in [0.4, 0.5) is 11.6 Å². The number of halogens is 1. The van der Waals surface area contributed by atoms with Gasteiger partial charge in [-0.1, -0.05) is 103 Å². The van der Waals surface area contributed by atoms with Gasteiger partial charge < -0.3 is 14.4 Å². The second-order valence-electron chi connectivity index (χ2n) is 31.6. The van der Waals surface area contributed by atoms with Gasteiger partial charge in [-0.2, -0.15) is 9.61 Å². The molecule has 4 bridgehead atoms. The second kappa shape index (κ2) is 28.4. The maximum absolute atomic E-state index is 6.36. The first-order valence-corrected chi connectivity index (χ1v) is 57.5. The molecule has 20 heteroatoms. The fourth-order valence-electron chi connectivity index (χ4n) is 12.8. The third-order valence-corrected chi connectivity index (χ3v) is 30.3. The zero-order valence-corrected chi connectivity index (χ0v) is 62.4. The Morgan fingerprint density at radius 1 is 0.482 bits per heavy atom. The summed E-state index contributed by atoms with van der Waals surface area (Å²) in [5.74, 6) is 6.31. The Labute approximate surface area is 523 Å². The molecule has 0 saturated heterocycles. The first kappa shape index (κ1) is 66.4. The van der Waals surface area contributed by atoms with Gasteiger partial charge in [-0.25, -0.2) is 9.97 Å². The van der Waals surface area contributed by atoms with Crippen molar-refractivity contribution in [3.05, 3.63) is 77.7 Å². The van der Waals surface area contributed by atoms with Gasteiger partial charge in [0.1, 0.15) is 24.4 Å². The van der Waals surface area contributed by atoms with Crippen LogP contribution in [0.3, 0.4) is 0 Å². The van der Waals surface area contributed by atoms with E-state index >= 15 is 0 Å². The molecule has 0 amide bonds. The van der Waals surface area contributed by atoms with Gasteiger partial charge in [0, 0.05) is 80.5 Å². The number of hydrogen-bond acceptors (Lipinski definition) is 12. The second-order valence-corrected chi connectivity index (χ2v) is 68.8. The van der Waals surface area contributed by atoms with Gasteiger partial charge in [0.15, 0.2) is 5.65 Å². The molecule has 0 radical (unpaired) electrons. The van der Waals surface area contributed by atoms with E-state index in [0.717, 1.165) is 119 Å². The molecule has 4 saturated carbocycles. The molecule has 466 valence electrons. The fraction of sp³-hybridized carbons (Fsp3) is 0.662. The van der Waals surface area contributed by atoms with Crippen molar-refractivity contribution in [1.29, 1.82) is 0 Å². The van der Waals surface area contributed by atoms with Crippen LogP contribution >= 0.6 is 11.6 Å². The first-order chi connectivity index (χ1) is 40.1. The normalized spacial score (nSPS) is 21.0. The summed E-state index contributed by atoms with van der Waals surface area (Å²) in [6.45, 7) is 33.7. The van der Waals surface area contributed by atoms with Crippen LogP contribution in [-0.4, -0.2) is 143 Å². The molecular formula is C65H105ClN10O4Si4Sn. The van der Waals surface area contributed by atoms with E-state index in [2.05, 4.69) is 132 Å². The average molecular weight is 1360 g/mol. The van der Waals surface area contributed by atoms with Gasteiger partial charge in [0.2, 0.25) is 0 Å². The van der Waals surface area contributed by atoms with Gasteiger partial charge in [-0.05, 0) is 67.4 Å². The molecule has 6 atom stereocenters. The Hall–Kier alpha value is -3.06. The minimum absolute atomic E-state index is 0.462. The summed E-state index contributed by atoms with van der Waals surface area (Å²) in [6, 6.07) is 17.4. The molecule has 6 heterocycles. The molecule has 6 aromatic heterocycles. The summed E-state index contributed by atoms with van der Waals surface area (Å²) in [6.07, 6.45) is 21.0. The molecule has 0 N–H and O–H groups in total. The van der Waals surface area contributed by atoms with Crippen molar-refractivity contribution < 1.29 is 18.9 Å². The Bertz CT molecular complexity index is 3050. The summed E-state index contributed by atoms with van der Waals surface area (Å²) in [5.41, 5.74) is 8.21. The van der Waals surface area contributed by atoms with Crippen molar-refractivity contribution in [3.63, 3.8) is 0 Å². The predicted molar refractivity (Wildman–Crippen MR) is 367 cm³/mol. The number of fused-ring (bicyclic) bond motifs is 6. The maximum atomic E-state index is 6.36. The van der Waals surface area contributed by atoms with Gasteiger partial charge in [-0.15, -0.1) is 0 Å². The molecule has 4 aliphatic carbocycles. The Kier molecular flexibility index (Phi) is 22.2. The largest absolute Gasteiger partial charge is 0.361 e. The van der Waals surface area contributed by atoms with Crippen LogP contribution in [0.1, 0.15) is 87.4 Å². The number of nitrogens with zero attached hydrogens (tertiary/aromatic N) is 10. The van der Waals surface area contributed by atoms with Gasteiger partial charge in [-0.3, -0.25) is 0 Å². The van der Waals surface area contributed by atoms with Crippen molar-refractivity contribution in [1.82, 2.24) is 39.2 Å². The quantitative estimate of drug-likeness (QED) is 0.0211. The molecular weight excluding hydrogens is 1250 g/mol. The van der Waals surface area contributed by atoms with Gasteiger partial charge >= 0.3 is 206 Å². The summed E-state index contributed by atoms with van der Waals surface area (Å²) in [7, 11) is -4.78. The molecule has 0 aliphatic heterocycles. The summed E-state index contributed by atoms with van der Waals surface area (Å²) in [4.78, 5) is 31.7. The number of rotatable bonds is 27. The van der Waals surface area contributed by atoms with Crippen LogP contribution in [0.25, 0.3) is 33.5 Å². The van der Waals surface area contributed by atoms with Crippen LogP contribution in [0.2, 0.25) is 123 Å². The van der Waals surface area contributed by atoms with E-state index in [1.54, 1.807) is 0 Å². The van der Waals surface area contributed by atoms with E-state index < -0.39 is 50.7 Å². The van der Waals surface area contributed by atoms with Crippen molar-refractivity contribution in [3.8, 4) is 22.3 Å². The number of anilines is 2. The van der Waals surface area contributed by atoms with Crippen LogP contribution < -0.4 is 13.5 Å². The fourth-order valence-corrected chi connectivity index (χ4v) is 18.9. The SMILES string of the molecule is C[Si](C)(C)CCOCN(COCC[Si](C)(C)C)c1cc(C2C[C@H]3CC[C@@H](C2)C3)nc2c(-c3cc[c]([Sn]([CH3])([CH3])[CH3])nc3)cnn12.C[Si](C)(C)CCOCN(COCC[Si](C)(C)C)c1cc(C2C[C@H]3CC[C@@H](C2)C3)nc2c(-c3ccc(Cl)nc3)cnn12. The zero-order valence-electron chi connectivity index (χ0n) is 54.8. The third kappa shape index (κ3) is 19.0. The average Bonchev–Trinajstić information content (AvgIpc) is 2.05. The van der Waals surface area contributed by atoms with Crippen molar-refractivity contribution in [2.75, 3.05) is 63.2 Å². The zero-order chi connectivity index (χ0) is 60.9. The van der Waals surface area contributed by atoms with E-state index in [9.17, 15) is 0 Å². The number of ether oxygens (including phenoxy) is 4. The first-order valence-electron chi connectivity index (χ1n) is 32.3. The molecule has 4 fully saturated rings. The molecule has 10 rings (SSSR count). The molecule has 4 aliphatic rings. The van der Waals surface area contributed by atoms with Crippen LogP contribution in [0.5, 0.6) is 0 Å². The summed E-state index contributed by atoms with van der Waals surface area (Å²) >= 11 is 3.86. The monoisotopic (exact) mass is 1360 g/mol. The molecule has 14 nitrogen and oxygen atoms in total. The Morgan fingerprint density at radius 3 is 1.14 bits per heavy atom. The number of aromatic nitrogens is 8. The molecule has 85 heavy (non-hydrogen) atoms.